The largest absolute Gasteiger partial charge is 0.481 e. The van der Waals surface area contributed by atoms with Crippen LogP contribution in [0.25, 0.3) is 0 Å². The number of carbonyl (C=O) groups is 2. The highest BCUT2D eigenvalue weighted by molar-refractivity contribution is 5.66. The number of aliphatic carboxylic acids is 2. The van der Waals surface area contributed by atoms with Crippen LogP contribution in [0.15, 0.2) is 12.2 Å². The smallest absolute Gasteiger partial charge is 0.303 e. The van der Waals surface area contributed by atoms with E-state index in [9.17, 15) is 9.59 Å². The molecule has 0 fully saturated rings. The third-order valence-corrected chi connectivity index (χ3v) is 2.70. The van der Waals surface area contributed by atoms with E-state index in [0.717, 1.165) is 44.9 Å². The van der Waals surface area contributed by atoms with E-state index >= 15 is 0 Å². The molecule has 0 saturated heterocycles. The van der Waals surface area contributed by atoms with Crippen molar-refractivity contribution in [3.05, 3.63) is 12.2 Å². The molecule has 0 spiro atoms. The van der Waals surface area contributed by atoms with Crippen molar-refractivity contribution in [1.82, 2.24) is 0 Å². The summed E-state index contributed by atoms with van der Waals surface area (Å²) in [5, 5.41) is 16.9. The summed E-state index contributed by atoms with van der Waals surface area (Å²) in [5.74, 6) is -1.46. The minimum absolute atomic E-state index is 0.208. The van der Waals surface area contributed by atoms with Crippen molar-refractivity contribution in [2.24, 2.45) is 0 Å². The van der Waals surface area contributed by atoms with Gasteiger partial charge in [0.05, 0.1) is 0 Å². The summed E-state index contributed by atoms with van der Waals surface area (Å²) in [6.07, 6.45) is 12.4. The van der Waals surface area contributed by atoms with Gasteiger partial charge < -0.3 is 10.2 Å². The van der Waals surface area contributed by atoms with Crippen LogP contribution in [0.1, 0.15) is 64.2 Å². The first-order valence-corrected chi connectivity index (χ1v) is 6.71. The monoisotopic (exact) mass is 256 g/mol. The van der Waals surface area contributed by atoms with E-state index in [-0.39, 0.29) is 12.8 Å². The van der Waals surface area contributed by atoms with E-state index in [4.69, 9.17) is 10.2 Å². The Morgan fingerprint density at radius 3 is 1.78 bits per heavy atom. The van der Waals surface area contributed by atoms with Crippen LogP contribution in [-0.2, 0) is 9.59 Å². The molecule has 0 radical (unpaired) electrons. The Bertz CT molecular complexity index is 259. The van der Waals surface area contributed by atoms with E-state index < -0.39 is 11.9 Å². The van der Waals surface area contributed by atoms with Crippen LogP contribution < -0.4 is 0 Å². The fraction of sp³-hybridized carbons (Fsp3) is 0.714. The first-order chi connectivity index (χ1) is 8.63. The molecule has 18 heavy (non-hydrogen) atoms. The van der Waals surface area contributed by atoms with Crippen LogP contribution in [0, 0.1) is 0 Å². The second-order valence-corrected chi connectivity index (χ2v) is 4.46. The topological polar surface area (TPSA) is 74.6 Å². The number of rotatable bonds is 12. The molecule has 0 unspecified atom stereocenters. The van der Waals surface area contributed by atoms with Gasteiger partial charge in [-0.1, -0.05) is 37.8 Å². The molecule has 0 heterocycles. The van der Waals surface area contributed by atoms with Gasteiger partial charge in [0.2, 0.25) is 0 Å². The summed E-state index contributed by atoms with van der Waals surface area (Å²) in [4.78, 5) is 20.5. The van der Waals surface area contributed by atoms with Gasteiger partial charge in [0.15, 0.2) is 0 Å². The van der Waals surface area contributed by atoms with Crippen molar-refractivity contribution in [1.29, 1.82) is 0 Å². The first-order valence-electron chi connectivity index (χ1n) is 6.71. The van der Waals surface area contributed by atoms with Gasteiger partial charge in [-0.3, -0.25) is 9.59 Å². The molecule has 0 aliphatic heterocycles. The average molecular weight is 256 g/mol. The number of hydrogen-bond acceptors (Lipinski definition) is 2. The molecule has 4 nitrogen and oxygen atoms in total. The van der Waals surface area contributed by atoms with E-state index in [1.807, 2.05) is 12.2 Å². The molecule has 0 aromatic carbocycles. The normalized spacial score (nSPS) is 10.9. The summed E-state index contributed by atoms with van der Waals surface area (Å²) in [6.45, 7) is 0. The quantitative estimate of drug-likeness (QED) is 0.413. The van der Waals surface area contributed by atoms with Crippen molar-refractivity contribution >= 4 is 11.9 Å². The lowest BCUT2D eigenvalue weighted by Crippen LogP contribution is -1.93. The lowest BCUT2D eigenvalue weighted by atomic mass is 10.1. The highest BCUT2D eigenvalue weighted by atomic mass is 16.4. The number of unbranched alkanes of at least 4 members (excludes halogenated alkanes) is 6. The van der Waals surface area contributed by atoms with Crippen molar-refractivity contribution in [3.63, 3.8) is 0 Å². The van der Waals surface area contributed by atoms with E-state index in [1.165, 1.54) is 0 Å². The van der Waals surface area contributed by atoms with Crippen LogP contribution in [0.5, 0.6) is 0 Å². The third-order valence-electron chi connectivity index (χ3n) is 2.70. The molecule has 0 rings (SSSR count). The molecular formula is C14H24O4. The molecule has 2 N–H and O–H groups in total. The molecule has 0 saturated carbocycles. The van der Waals surface area contributed by atoms with Gasteiger partial charge in [0.1, 0.15) is 0 Å². The minimum atomic E-state index is -0.749. The SMILES string of the molecule is O=C(O)CC/C=C\CCCCCCCCC(=O)O. The zero-order chi connectivity index (χ0) is 13.6. The molecule has 0 bridgehead atoms. The van der Waals surface area contributed by atoms with Crippen LogP contribution in [0.3, 0.4) is 0 Å². The highest BCUT2D eigenvalue weighted by Crippen LogP contribution is 2.09. The third kappa shape index (κ3) is 14.7. The highest BCUT2D eigenvalue weighted by Gasteiger charge is 1.96. The molecule has 0 aliphatic carbocycles. The molecular weight excluding hydrogens is 232 g/mol. The predicted octanol–water partition coefficient (Wildman–Crippen LogP) is 3.61. The standard InChI is InChI=1S/C14H24O4/c15-13(16)11-9-7-5-3-1-2-4-6-8-10-12-14(17)18/h5,7H,1-4,6,8-12H2,(H,15,16)(H,17,18)/b7-5-. The number of carboxylic acid groups (broad SMARTS) is 2. The van der Waals surface area contributed by atoms with Gasteiger partial charge in [0, 0.05) is 12.8 Å². The number of carboxylic acids is 2. The van der Waals surface area contributed by atoms with Gasteiger partial charge in [-0.15, -0.1) is 0 Å². The van der Waals surface area contributed by atoms with Gasteiger partial charge in [-0.05, 0) is 25.7 Å². The fourth-order valence-corrected chi connectivity index (χ4v) is 1.69. The zero-order valence-corrected chi connectivity index (χ0v) is 10.9. The summed E-state index contributed by atoms with van der Waals surface area (Å²) in [5.41, 5.74) is 0. The molecule has 104 valence electrons. The lowest BCUT2D eigenvalue weighted by Gasteiger charge is -1.99. The summed E-state index contributed by atoms with van der Waals surface area (Å²) >= 11 is 0. The maximum absolute atomic E-state index is 10.3. The van der Waals surface area contributed by atoms with Gasteiger partial charge in [-0.2, -0.15) is 0 Å². The van der Waals surface area contributed by atoms with Gasteiger partial charge >= 0.3 is 11.9 Å². The van der Waals surface area contributed by atoms with Crippen LogP contribution >= 0.6 is 0 Å². The molecule has 0 aromatic heterocycles. The van der Waals surface area contributed by atoms with Crippen molar-refractivity contribution in [3.8, 4) is 0 Å². The second-order valence-electron chi connectivity index (χ2n) is 4.46. The summed E-state index contributed by atoms with van der Waals surface area (Å²) < 4.78 is 0. The maximum Gasteiger partial charge on any atom is 0.303 e. The van der Waals surface area contributed by atoms with Gasteiger partial charge in [0.25, 0.3) is 0 Å². The Hall–Kier alpha value is -1.32. The van der Waals surface area contributed by atoms with Crippen molar-refractivity contribution < 1.29 is 19.8 Å². The van der Waals surface area contributed by atoms with E-state index in [1.54, 1.807) is 0 Å². The number of hydrogen-bond donors (Lipinski definition) is 2. The zero-order valence-electron chi connectivity index (χ0n) is 10.9. The Morgan fingerprint density at radius 2 is 1.17 bits per heavy atom. The molecule has 0 amide bonds. The maximum atomic E-state index is 10.3. The van der Waals surface area contributed by atoms with Crippen LogP contribution in [-0.4, -0.2) is 22.2 Å². The van der Waals surface area contributed by atoms with E-state index in [2.05, 4.69) is 0 Å². The van der Waals surface area contributed by atoms with Crippen molar-refractivity contribution in [2.75, 3.05) is 0 Å². The molecule has 0 atom stereocenters. The number of allylic oxidation sites excluding steroid dienone is 2. The fourth-order valence-electron chi connectivity index (χ4n) is 1.69. The molecule has 0 aliphatic rings. The summed E-state index contributed by atoms with van der Waals surface area (Å²) in [6, 6.07) is 0. The Labute approximate surface area is 109 Å². The Balaban J connectivity index is 3.11. The van der Waals surface area contributed by atoms with E-state index in [0.29, 0.717) is 6.42 Å². The van der Waals surface area contributed by atoms with Gasteiger partial charge in [-0.25, -0.2) is 0 Å². The molecule has 4 heteroatoms. The Morgan fingerprint density at radius 1 is 0.667 bits per heavy atom. The first kappa shape index (κ1) is 16.7. The van der Waals surface area contributed by atoms with Crippen LogP contribution in [0.4, 0.5) is 0 Å². The Kier molecular flexibility index (Phi) is 11.3. The average Bonchev–Trinajstić information content (AvgIpc) is 2.29. The predicted molar refractivity (Wildman–Crippen MR) is 70.6 cm³/mol. The molecule has 0 aromatic rings. The van der Waals surface area contributed by atoms with Crippen LogP contribution in [0.2, 0.25) is 0 Å². The second kappa shape index (κ2) is 12.1. The minimum Gasteiger partial charge on any atom is -0.481 e. The summed E-state index contributed by atoms with van der Waals surface area (Å²) in [7, 11) is 0. The van der Waals surface area contributed by atoms with Crippen molar-refractivity contribution in [2.45, 2.75) is 64.2 Å². The lowest BCUT2D eigenvalue weighted by molar-refractivity contribution is -0.138.